The molecule has 0 atom stereocenters. The van der Waals surface area contributed by atoms with Crippen LogP contribution >= 0.6 is 0 Å². The molecule has 0 unspecified atom stereocenters. The average molecular weight is 417 g/mol. The van der Waals surface area contributed by atoms with Gasteiger partial charge in [-0.15, -0.1) is 0 Å². The summed E-state index contributed by atoms with van der Waals surface area (Å²) in [5.74, 6) is 1.09. The van der Waals surface area contributed by atoms with Gasteiger partial charge in [0.2, 0.25) is 5.95 Å². The molecule has 2 N–H and O–H groups in total. The number of nitrogens with zero attached hydrogens (tertiary/aromatic N) is 5. The van der Waals surface area contributed by atoms with Crippen molar-refractivity contribution in [1.82, 2.24) is 20.1 Å². The number of aromatic nitrogens is 4. The highest BCUT2D eigenvalue weighted by atomic mass is 19.1. The van der Waals surface area contributed by atoms with Gasteiger partial charge in [-0.05, 0) is 49.4 Å². The van der Waals surface area contributed by atoms with Crippen LogP contribution in [0.5, 0.6) is 5.75 Å². The topological polar surface area (TPSA) is 122 Å². The second-order valence-corrected chi connectivity index (χ2v) is 6.38. The standard InChI is InChI=1S/C21H16FN7O2/c1-13-25-19(31-29-13)12-30-17-7-5-15(6-8-17)26-20-18(22)11-24-21(28-20)27-16-4-2-3-14(9-16)10-23/h2-9,11H,12H2,1H3,(H2,24,26,27,28). The predicted octanol–water partition coefficient (Wildman–Crippen LogP) is 4.25. The molecule has 2 aromatic heterocycles. The number of hydrogen-bond acceptors (Lipinski definition) is 9. The lowest BCUT2D eigenvalue weighted by Gasteiger charge is -2.10. The third-order valence-corrected chi connectivity index (χ3v) is 4.04. The molecule has 0 fully saturated rings. The van der Waals surface area contributed by atoms with Gasteiger partial charge in [-0.3, -0.25) is 0 Å². The molecule has 0 aliphatic rings. The van der Waals surface area contributed by atoms with E-state index in [1.165, 1.54) is 0 Å². The molecule has 0 bridgehead atoms. The number of benzene rings is 2. The van der Waals surface area contributed by atoms with E-state index >= 15 is 0 Å². The van der Waals surface area contributed by atoms with Crippen molar-refractivity contribution in [2.75, 3.05) is 10.6 Å². The second kappa shape index (κ2) is 8.87. The minimum atomic E-state index is -0.608. The zero-order chi connectivity index (χ0) is 21.6. The molecule has 9 nitrogen and oxygen atoms in total. The van der Waals surface area contributed by atoms with Gasteiger partial charge in [0.1, 0.15) is 5.75 Å². The van der Waals surface area contributed by atoms with Crippen molar-refractivity contribution in [3.05, 3.63) is 77.8 Å². The lowest BCUT2D eigenvalue weighted by Crippen LogP contribution is -2.03. The van der Waals surface area contributed by atoms with E-state index in [2.05, 4.69) is 36.8 Å². The maximum Gasteiger partial charge on any atom is 0.264 e. The summed E-state index contributed by atoms with van der Waals surface area (Å²) in [5, 5.41) is 18.6. The maximum absolute atomic E-state index is 14.2. The van der Waals surface area contributed by atoms with Crippen LogP contribution in [0.1, 0.15) is 17.3 Å². The molecular weight excluding hydrogens is 401 g/mol. The van der Waals surface area contributed by atoms with E-state index < -0.39 is 5.82 Å². The van der Waals surface area contributed by atoms with Gasteiger partial charge >= 0.3 is 0 Å². The number of ether oxygens (including phenoxy) is 1. The van der Waals surface area contributed by atoms with Crippen molar-refractivity contribution < 1.29 is 13.7 Å². The molecule has 10 heteroatoms. The van der Waals surface area contributed by atoms with Gasteiger partial charge < -0.3 is 19.9 Å². The zero-order valence-electron chi connectivity index (χ0n) is 16.3. The van der Waals surface area contributed by atoms with Crippen LogP contribution in [-0.2, 0) is 6.61 Å². The first-order valence-electron chi connectivity index (χ1n) is 9.18. The fraction of sp³-hybridized carbons (Fsp3) is 0.0952. The van der Waals surface area contributed by atoms with E-state index in [0.29, 0.717) is 34.4 Å². The van der Waals surface area contributed by atoms with Crippen molar-refractivity contribution >= 4 is 23.1 Å². The number of nitrogens with one attached hydrogen (secondary N) is 2. The number of rotatable bonds is 7. The van der Waals surface area contributed by atoms with Crippen LogP contribution in [-0.4, -0.2) is 20.1 Å². The van der Waals surface area contributed by atoms with Gasteiger partial charge in [-0.25, -0.2) is 9.37 Å². The van der Waals surface area contributed by atoms with Crippen molar-refractivity contribution in [2.24, 2.45) is 0 Å². The number of aryl methyl sites for hydroxylation is 1. The zero-order valence-corrected chi connectivity index (χ0v) is 16.3. The summed E-state index contributed by atoms with van der Waals surface area (Å²) in [6.45, 7) is 1.88. The molecule has 4 rings (SSSR count). The third-order valence-electron chi connectivity index (χ3n) is 4.04. The molecule has 0 amide bonds. The summed E-state index contributed by atoms with van der Waals surface area (Å²) in [5.41, 5.74) is 1.72. The summed E-state index contributed by atoms with van der Waals surface area (Å²) in [7, 11) is 0. The van der Waals surface area contributed by atoms with Gasteiger partial charge in [-0.2, -0.15) is 15.2 Å². The summed E-state index contributed by atoms with van der Waals surface area (Å²) >= 11 is 0. The number of anilines is 4. The fourth-order valence-corrected chi connectivity index (χ4v) is 2.63. The summed E-state index contributed by atoms with van der Waals surface area (Å²) in [6.07, 6.45) is 1.07. The lowest BCUT2D eigenvalue weighted by atomic mass is 10.2. The summed E-state index contributed by atoms with van der Waals surface area (Å²) in [6, 6.07) is 15.8. The van der Waals surface area contributed by atoms with Gasteiger partial charge in [0.15, 0.2) is 24.1 Å². The second-order valence-electron chi connectivity index (χ2n) is 6.38. The fourth-order valence-electron chi connectivity index (χ4n) is 2.63. The molecule has 154 valence electrons. The Morgan fingerprint density at radius 1 is 1.10 bits per heavy atom. The molecule has 4 aromatic rings. The van der Waals surface area contributed by atoms with Crippen LogP contribution in [0.15, 0.2) is 59.3 Å². The van der Waals surface area contributed by atoms with Crippen LogP contribution in [0.3, 0.4) is 0 Å². The molecule has 0 spiro atoms. The Hall–Kier alpha value is -4.52. The highest BCUT2D eigenvalue weighted by molar-refractivity contribution is 5.61. The van der Waals surface area contributed by atoms with Crippen LogP contribution in [0.25, 0.3) is 0 Å². The van der Waals surface area contributed by atoms with E-state index in [-0.39, 0.29) is 18.4 Å². The van der Waals surface area contributed by atoms with E-state index in [0.717, 1.165) is 6.20 Å². The van der Waals surface area contributed by atoms with E-state index in [9.17, 15) is 4.39 Å². The van der Waals surface area contributed by atoms with Gasteiger partial charge in [-0.1, -0.05) is 11.2 Å². The Kier molecular flexibility index (Phi) is 5.66. The molecule has 2 heterocycles. The minimum Gasteiger partial charge on any atom is -0.484 e. The lowest BCUT2D eigenvalue weighted by molar-refractivity contribution is 0.242. The molecular formula is C21H16FN7O2. The van der Waals surface area contributed by atoms with E-state index in [1.807, 2.05) is 0 Å². The molecule has 0 aliphatic heterocycles. The molecule has 0 saturated carbocycles. The number of nitriles is 1. The molecule has 31 heavy (non-hydrogen) atoms. The van der Waals surface area contributed by atoms with E-state index in [4.69, 9.17) is 14.5 Å². The largest absolute Gasteiger partial charge is 0.484 e. The monoisotopic (exact) mass is 417 g/mol. The SMILES string of the molecule is Cc1noc(COc2ccc(Nc3nc(Nc4cccc(C#N)c4)ncc3F)cc2)n1. The highest BCUT2D eigenvalue weighted by Gasteiger charge is 2.09. The first-order valence-corrected chi connectivity index (χ1v) is 9.18. The first kappa shape index (κ1) is 19.8. The normalized spacial score (nSPS) is 10.4. The molecule has 0 saturated heterocycles. The van der Waals surface area contributed by atoms with Crippen molar-refractivity contribution in [3.63, 3.8) is 0 Å². The summed E-state index contributed by atoms with van der Waals surface area (Å²) < 4.78 is 24.8. The van der Waals surface area contributed by atoms with Crippen LogP contribution in [0.2, 0.25) is 0 Å². The van der Waals surface area contributed by atoms with Crippen molar-refractivity contribution in [3.8, 4) is 11.8 Å². The average Bonchev–Trinajstić information content (AvgIpc) is 3.21. The summed E-state index contributed by atoms with van der Waals surface area (Å²) in [4.78, 5) is 12.2. The van der Waals surface area contributed by atoms with Crippen LogP contribution in [0, 0.1) is 24.1 Å². The van der Waals surface area contributed by atoms with Gasteiger partial charge in [0.05, 0.1) is 17.8 Å². The van der Waals surface area contributed by atoms with Gasteiger partial charge in [0, 0.05) is 11.4 Å². The van der Waals surface area contributed by atoms with Crippen LogP contribution < -0.4 is 15.4 Å². The predicted molar refractivity (Wildman–Crippen MR) is 110 cm³/mol. The Balaban J connectivity index is 1.42. The Bertz CT molecular complexity index is 1240. The van der Waals surface area contributed by atoms with Crippen molar-refractivity contribution in [2.45, 2.75) is 13.5 Å². The minimum absolute atomic E-state index is 0.00365. The Labute approximate surface area is 176 Å². The number of halogens is 1. The smallest absolute Gasteiger partial charge is 0.264 e. The third kappa shape index (κ3) is 5.10. The van der Waals surface area contributed by atoms with Crippen LogP contribution in [0.4, 0.5) is 27.5 Å². The van der Waals surface area contributed by atoms with E-state index in [1.54, 1.807) is 55.5 Å². The molecule has 0 aliphatic carbocycles. The van der Waals surface area contributed by atoms with Crippen molar-refractivity contribution in [1.29, 1.82) is 5.26 Å². The quantitative estimate of drug-likeness (QED) is 0.454. The Morgan fingerprint density at radius 2 is 1.94 bits per heavy atom. The maximum atomic E-state index is 14.2. The Morgan fingerprint density at radius 3 is 2.68 bits per heavy atom. The highest BCUT2D eigenvalue weighted by Crippen LogP contribution is 2.23. The molecule has 0 radical (unpaired) electrons. The van der Waals surface area contributed by atoms with Gasteiger partial charge in [0.25, 0.3) is 5.89 Å². The first-order chi connectivity index (χ1) is 15.1. The molecule has 2 aromatic carbocycles. The number of hydrogen-bond donors (Lipinski definition) is 2.